The number of carbonyl (C=O) groups is 3. The molecule has 7 nitrogen and oxygen atoms in total. The largest absolute Gasteiger partial charge is 0.482 e. The number of fused-ring (bicyclic) bond motifs is 1. The smallest absolute Gasteiger partial charge is 0.344 e. The summed E-state index contributed by atoms with van der Waals surface area (Å²) in [6.45, 7) is -0.691. The Morgan fingerprint density at radius 3 is 2.44 bits per heavy atom. The van der Waals surface area contributed by atoms with E-state index in [0.29, 0.717) is 17.0 Å². The van der Waals surface area contributed by atoms with Crippen molar-refractivity contribution in [3.05, 3.63) is 59.2 Å². The summed E-state index contributed by atoms with van der Waals surface area (Å²) in [5.41, 5.74) is 8.53. The minimum absolute atomic E-state index is 0.265. The molecule has 1 aliphatic carbocycles. The summed E-state index contributed by atoms with van der Waals surface area (Å²) < 4.78 is 10.3. The number of esters is 1. The molecule has 2 amide bonds. The highest BCUT2D eigenvalue weighted by molar-refractivity contribution is 5.95. The van der Waals surface area contributed by atoms with Crippen LogP contribution in [0, 0.1) is 0 Å². The highest BCUT2D eigenvalue weighted by Crippen LogP contribution is 2.25. The summed E-state index contributed by atoms with van der Waals surface area (Å²) >= 11 is 0. The molecule has 0 radical (unpaired) electrons. The van der Waals surface area contributed by atoms with E-state index in [-0.39, 0.29) is 6.61 Å². The minimum Gasteiger partial charge on any atom is -0.482 e. The van der Waals surface area contributed by atoms with E-state index in [0.717, 1.165) is 19.3 Å². The third kappa shape index (κ3) is 5.07. The van der Waals surface area contributed by atoms with Crippen molar-refractivity contribution >= 4 is 23.5 Å². The standard InChI is InChI=1S/C20H20N2O5/c21-20(25)14-4-7-16(8-5-14)22-18(23)11-27-19(24)12-26-17-9-6-13-2-1-3-15(13)10-17/h4-10H,1-3,11-12H2,(H2,21,25)(H,22,23). The maximum absolute atomic E-state index is 11.8. The van der Waals surface area contributed by atoms with E-state index in [1.807, 2.05) is 18.2 Å². The second-order valence-electron chi connectivity index (χ2n) is 6.22. The Labute approximate surface area is 156 Å². The Morgan fingerprint density at radius 1 is 0.963 bits per heavy atom. The second kappa shape index (κ2) is 8.35. The van der Waals surface area contributed by atoms with Crippen LogP contribution < -0.4 is 15.8 Å². The van der Waals surface area contributed by atoms with Gasteiger partial charge in [-0.15, -0.1) is 0 Å². The third-order valence-electron chi connectivity index (χ3n) is 4.24. The molecular weight excluding hydrogens is 348 g/mol. The van der Waals surface area contributed by atoms with Crippen LogP contribution in [-0.4, -0.2) is 31.0 Å². The lowest BCUT2D eigenvalue weighted by atomic mass is 10.1. The number of anilines is 1. The van der Waals surface area contributed by atoms with Crippen molar-refractivity contribution in [2.24, 2.45) is 5.73 Å². The molecule has 7 heteroatoms. The molecule has 0 fully saturated rings. The van der Waals surface area contributed by atoms with E-state index in [9.17, 15) is 14.4 Å². The van der Waals surface area contributed by atoms with Gasteiger partial charge in [0.2, 0.25) is 5.91 Å². The van der Waals surface area contributed by atoms with Crippen LogP contribution in [0.25, 0.3) is 0 Å². The normalized spacial score (nSPS) is 12.1. The summed E-state index contributed by atoms with van der Waals surface area (Å²) in [5, 5.41) is 2.56. The predicted octanol–water partition coefficient (Wildman–Crippen LogP) is 1.83. The zero-order valence-electron chi connectivity index (χ0n) is 14.7. The average molecular weight is 368 g/mol. The van der Waals surface area contributed by atoms with Crippen LogP contribution in [0.4, 0.5) is 5.69 Å². The minimum atomic E-state index is -0.630. The Hall–Kier alpha value is -3.35. The first kappa shape index (κ1) is 18.4. The van der Waals surface area contributed by atoms with Crippen LogP contribution in [0.5, 0.6) is 5.75 Å². The van der Waals surface area contributed by atoms with E-state index in [1.165, 1.54) is 35.4 Å². The van der Waals surface area contributed by atoms with Gasteiger partial charge in [-0.1, -0.05) is 6.07 Å². The Morgan fingerprint density at radius 2 is 1.70 bits per heavy atom. The predicted molar refractivity (Wildman–Crippen MR) is 98.5 cm³/mol. The van der Waals surface area contributed by atoms with Gasteiger partial charge in [-0.3, -0.25) is 9.59 Å². The number of carbonyl (C=O) groups excluding carboxylic acids is 3. The van der Waals surface area contributed by atoms with Crippen LogP contribution in [0.15, 0.2) is 42.5 Å². The van der Waals surface area contributed by atoms with Crippen LogP contribution in [-0.2, 0) is 27.2 Å². The van der Waals surface area contributed by atoms with Crippen molar-refractivity contribution in [1.82, 2.24) is 0 Å². The fourth-order valence-corrected chi connectivity index (χ4v) is 2.88. The molecule has 0 unspecified atom stereocenters. The lowest BCUT2D eigenvalue weighted by Crippen LogP contribution is -2.23. The summed E-state index contributed by atoms with van der Waals surface area (Å²) in [6, 6.07) is 11.9. The van der Waals surface area contributed by atoms with Gasteiger partial charge >= 0.3 is 5.97 Å². The number of rotatable bonds is 7. The maximum Gasteiger partial charge on any atom is 0.344 e. The van der Waals surface area contributed by atoms with Crippen LogP contribution in [0.1, 0.15) is 27.9 Å². The lowest BCUT2D eigenvalue weighted by Gasteiger charge is -2.09. The van der Waals surface area contributed by atoms with Gasteiger partial charge in [0.05, 0.1) is 0 Å². The molecule has 0 saturated carbocycles. The topological polar surface area (TPSA) is 108 Å². The molecule has 1 aliphatic rings. The highest BCUT2D eigenvalue weighted by atomic mass is 16.6. The molecule has 0 aliphatic heterocycles. The van der Waals surface area contributed by atoms with E-state index in [4.69, 9.17) is 15.2 Å². The number of nitrogens with one attached hydrogen (secondary N) is 1. The monoisotopic (exact) mass is 368 g/mol. The van der Waals surface area contributed by atoms with Gasteiger partial charge in [0, 0.05) is 11.3 Å². The summed E-state index contributed by atoms with van der Waals surface area (Å²) in [7, 11) is 0. The van der Waals surface area contributed by atoms with Gasteiger partial charge in [0.1, 0.15) is 5.75 Å². The number of nitrogens with two attached hydrogens (primary N) is 1. The van der Waals surface area contributed by atoms with Crippen molar-refractivity contribution in [2.45, 2.75) is 19.3 Å². The molecule has 0 heterocycles. The van der Waals surface area contributed by atoms with E-state index in [1.54, 1.807) is 0 Å². The number of hydrogen-bond acceptors (Lipinski definition) is 5. The van der Waals surface area contributed by atoms with E-state index < -0.39 is 24.4 Å². The molecule has 3 rings (SSSR count). The molecule has 0 bridgehead atoms. The number of ether oxygens (including phenoxy) is 2. The van der Waals surface area contributed by atoms with Crippen molar-refractivity contribution in [2.75, 3.05) is 18.5 Å². The maximum atomic E-state index is 11.8. The number of amides is 2. The third-order valence-corrected chi connectivity index (χ3v) is 4.24. The van der Waals surface area contributed by atoms with Crippen LogP contribution >= 0.6 is 0 Å². The fraction of sp³-hybridized carbons (Fsp3) is 0.250. The summed E-state index contributed by atoms with van der Waals surface area (Å²) in [6.07, 6.45) is 3.25. The number of aryl methyl sites for hydroxylation is 2. The first-order chi connectivity index (χ1) is 13.0. The Balaban J connectivity index is 1.40. The second-order valence-corrected chi connectivity index (χ2v) is 6.22. The van der Waals surface area contributed by atoms with Gasteiger partial charge < -0.3 is 20.5 Å². The summed E-state index contributed by atoms with van der Waals surface area (Å²) in [4.78, 5) is 34.6. The summed E-state index contributed by atoms with van der Waals surface area (Å²) in [5.74, 6) is -1.06. The van der Waals surface area contributed by atoms with Gasteiger partial charge in [0.15, 0.2) is 13.2 Å². The van der Waals surface area contributed by atoms with Crippen molar-refractivity contribution < 1.29 is 23.9 Å². The zero-order valence-corrected chi connectivity index (χ0v) is 14.7. The first-order valence-corrected chi connectivity index (χ1v) is 8.61. The number of hydrogen-bond donors (Lipinski definition) is 2. The molecule has 2 aromatic rings. The molecule has 0 aromatic heterocycles. The van der Waals surface area contributed by atoms with Gasteiger partial charge in [-0.05, 0) is 66.8 Å². The van der Waals surface area contributed by atoms with Gasteiger partial charge in [-0.25, -0.2) is 4.79 Å². The van der Waals surface area contributed by atoms with Crippen molar-refractivity contribution in [3.63, 3.8) is 0 Å². The molecule has 0 saturated heterocycles. The molecule has 0 atom stereocenters. The Bertz CT molecular complexity index is 861. The van der Waals surface area contributed by atoms with Crippen LogP contribution in [0.2, 0.25) is 0 Å². The van der Waals surface area contributed by atoms with Gasteiger partial charge in [0.25, 0.3) is 5.91 Å². The molecule has 0 spiro atoms. The lowest BCUT2D eigenvalue weighted by molar-refractivity contribution is -0.149. The van der Waals surface area contributed by atoms with E-state index >= 15 is 0 Å². The highest BCUT2D eigenvalue weighted by Gasteiger charge is 2.13. The molecule has 3 N–H and O–H groups in total. The Kier molecular flexibility index (Phi) is 5.71. The molecule has 27 heavy (non-hydrogen) atoms. The average Bonchev–Trinajstić information content (AvgIpc) is 3.13. The first-order valence-electron chi connectivity index (χ1n) is 8.61. The SMILES string of the molecule is NC(=O)c1ccc(NC(=O)COC(=O)COc2ccc3c(c2)CCC3)cc1. The fourth-order valence-electron chi connectivity index (χ4n) is 2.88. The molecule has 2 aromatic carbocycles. The number of benzene rings is 2. The molecular formula is C20H20N2O5. The van der Waals surface area contributed by atoms with Crippen LogP contribution in [0.3, 0.4) is 0 Å². The zero-order chi connectivity index (χ0) is 19.2. The van der Waals surface area contributed by atoms with E-state index in [2.05, 4.69) is 5.32 Å². The van der Waals surface area contributed by atoms with Crippen molar-refractivity contribution in [3.8, 4) is 5.75 Å². The van der Waals surface area contributed by atoms with Crippen molar-refractivity contribution in [1.29, 1.82) is 0 Å². The molecule has 140 valence electrons. The van der Waals surface area contributed by atoms with Gasteiger partial charge in [-0.2, -0.15) is 0 Å². The number of primary amides is 1. The quantitative estimate of drug-likeness (QED) is 0.725.